The van der Waals surface area contributed by atoms with Crippen LogP contribution in [0.3, 0.4) is 0 Å². The summed E-state index contributed by atoms with van der Waals surface area (Å²) in [7, 11) is 3.24. The molecule has 0 atom stereocenters. The number of carbonyl (C=O) groups is 1. The highest BCUT2D eigenvalue weighted by Gasteiger charge is 2.18. The van der Waals surface area contributed by atoms with Gasteiger partial charge in [-0.05, 0) is 61.7 Å². The van der Waals surface area contributed by atoms with Gasteiger partial charge in [0, 0.05) is 36.6 Å². The number of methoxy groups -OCH3 is 2. The molecule has 0 fully saturated rings. The van der Waals surface area contributed by atoms with E-state index in [0.29, 0.717) is 43.4 Å². The number of carbonyl (C=O) groups excluding carboxylic acids is 1. The van der Waals surface area contributed by atoms with Crippen LogP contribution in [0.15, 0.2) is 42.5 Å². The van der Waals surface area contributed by atoms with Gasteiger partial charge >= 0.3 is 0 Å². The molecule has 3 rings (SSSR count). The van der Waals surface area contributed by atoms with Gasteiger partial charge in [-0.15, -0.1) is 0 Å². The van der Waals surface area contributed by atoms with Gasteiger partial charge in [0.2, 0.25) is 0 Å². The number of ether oxygens (including phenoxy) is 3. The van der Waals surface area contributed by atoms with E-state index in [1.807, 2.05) is 67.8 Å². The number of hydrogen-bond donors (Lipinski definition) is 1. The molecule has 7 heteroatoms. The topological polar surface area (TPSA) is 84.8 Å². The molecule has 7 nitrogen and oxygen atoms in total. The van der Waals surface area contributed by atoms with E-state index < -0.39 is 5.97 Å². The quantitative estimate of drug-likeness (QED) is 0.482. The second-order valence-corrected chi connectivity index (χ2v) is 7.77. The van der Waals surface area contributed by atoms with Crippen molar-refractivity contribution < 1.29 is 24.1 Å². The van der Waals surface area contributed by atoms with Crippen LogP contribution in [0.1, 0.15) is 45.4 Å². The van der Waals surface area contributed by atoms with Crippen LogP contribution < -0.4 is 24.6 Å². The Morgan fingerprint density at radius 2 is 1.76 bits per heavy atom. The van der Waals surface area contributed by atoms with Crippen molar-refractivity contribution in [1.29, 1.82) is 0 Å². The van der Waals surface area contributed by atoms with E-state index in [1.54, 1.807) is 14.2 Å². The maximum absolute atomic E-state index is 12.0. The van der Waals surface area contributed by atoms with E-state index in [0.717, 1.165) is 28.1 Å². The minimum Gasteiger partial charge on any atom is -0.545 e. The molecule has 176 valence electrons. The van der Waals surface area contributed by atoms with Crippen LogP contribution in [0.5, 0.6) is 17.2 Å². The predicted molar refractivity (Wildman–Crippen MR) is 125 cm³/mol. The van der Waals surface area contributed by atoms with E-state index in [1.165, 1.54) is 0 Å². The van der Waals surface area contributed by atoms with Gasteiger partial charge in [0.15, 0.2) is 11.5 Å². The molecule has 3 aromatic rings. The van der Waals surface area contributed by atoms with Crippen LogP contribution in [0.2, 0.25) is 0 Å². The minimum atomic E-state index is -1.17. The van der Waals surface area contributed by atoms with E-state index in [-0.39, 0.29) is 5.56 Å². The molecule has 0 amide bonds. The number of carboxylic acids is 1. The monoisotopic (exact) mass is 451 g/mol. The highest BCUT2D eigenvalue weighted by atomic mass is 16.5. The summed E-state index contributed by atoms with van der Waals surface area (Å²) < 4.78 is 18.3. The lowest BCUT2D eigenvalue weighted by Crippen LogP contribution is -2.25. The molecule has 1 aromatic heterocycles. The molecule has 0 spiro atoms. The molecule has 0 aliphatic heterocycles. The highest BCUT2D eigenvalue weighted by molar-refractivity contribution is 5.89. The molecule has 33 heavy (non-hydrogen) atoms. The summed E-state index contributed by atoms with van der Waals surface area (Å²) in [5, 5.41) is 15.3. The molecule has 2 aromatic carbocycles. The van der Waals surface area contributed by atoms with Crippen molar-refractivity contribution >= 4 is 5.97 Å². The number of nitrogens with one attached hydrogen (secondary N) is 1. The zero-order chi connectivity index (χ0) is 24.0. The fourth-order valence-corrected chi connectivity index (χ4v) is 4.06. The van der Waals surface area contributed by atoms with Gasteiger partial charge in [0.25, 0.3) is 0 Å². The molecule has 0 saturated carbocycles. The fourth-order valence-electron chi connectivity index (χ4n) is 4.06. The smallest absolute Gasteiger partial charge is 0.161 e. The van der Waals surface area contributed by atoms with Gasteiger partial charge in [-0.1, -0.05) is 18.2 Å². The third kappa shape index (κ3) is 5.49. The van der Waals surface area contributed by atoms with Crippen molar-refractivity contribution in [1.82, 2.24) is 9.88 Å². The average molecular weight is 452 g/mol. The van der Waals surface area contributed by atoms with E-state index >= 15 is 0 Å². The third-order valence-corrected chi connectivity index (χ3v) is 5.75. The molecule has 0 bridgehead atoms. The Morgan fingerprint density at radius 3 is 2.42 bits per heavy atom. The molecule has 0 saturated heterocycles. The summed E-state index contributed by atoms with van der Waals surface area (Å²) in [6.45, 7) is 7.74. The van der Waals surface area contributed by atoms with Gasteiger partial charge in [0.05, 0.1) is 26.8 Å². The second kappa shape index (κ2) is 10.9. The number of nitrogens with zero attached hydrogens (tertiary/aromatic N) is 1. The maximum Gasteiger partial charge on any atom is 0.161 e. The van der Waals surface area contributed by atoms with Crippen molar-refractivity contribution in [3.05, 3.63) is 76.1 Å². The number of aromatic carboxylic acids is 1. The summed E-state index contributed by atoms with van der Waals surface area (Å²) in [5.41, 5.74) is 4.58. The second-order valence-electron chi connectivity index (χ2n) is 7.77. The summed E-state index contributed by atoms with van der Waals surface area (Å²) in [6.07, 6.45) is 0. The van der Waals surface area contributed by atoms with Crippen LogP contribution in [0.25, 0.3) is 0 Å². The van der Waals surface area contributed by atoms with Gasteiger partial charge in [-0.2, -0.15) is 0 Å². The van der Waals surface area contributed by atoms with Crippen LogP contribution in [0, 0.1) is 13.8 Å². The first-order valence-corrected chi connectivity index (χ1v) is 10.9. The van der Waals surface area contributed by atoms with Gasteiger partial charge in [0.1, 0.15) is 5.75 Å². The molecule has 0 aliphatic rings. The number of rotatable bonds is 11. The van der Waals surface area contributed by atoms with Crippen molar-refractivity contribution in [3.8, 4) is 17.2 Å². The average Bonchev–Trinajstić information content (AvgIpc) is 3.04. The Bertz CT molecular complexity index is 1120. The van der Waals surface area contributed by atoms with Gasteiger partial charge in [-0.3, -0.25) is 0 Å². The van der Waals surface area contributed by atoms with Crippen molar-refractivity contribution in [3.63, 3.8) is 0 Å². The Labute approximate surface area is 194 Å². The lowest BCUT2D eigenvalue weighted by atomic mass is 10.1. The number of aromatic nitrogens is 1. The van der Waals surface area contributed by atoms with Gasteiger partial charge < -0.3 is 34.0 Å². The van der Waals surface area contributed by atoms with Crippen molar-refractivity contribution in [2.75, 3.05) is 20.8 Å². The molecule has 0 unspecified atom stereocenters. The molecule has 0 radical (unpaired) electrons. The summed E-state index contributed by atoms with van der Waals surface area (Å²) in [4.78, 5) is 12.0. The standard InChI is InChI=1S/C26H32N2O5/c1-6-33-23-11-10-19(13-24(23)32-5)14-27-15-22-17(2)28(18(3)25(22)26(29)30)16-20-8-7-9-21(12-20)31-4/h7-13,27H,6,14-16H2,1-5H3,(H,29,30)/p-1. The van der Waals surface area contributed by atoms with Crippen LogP contribution in [-0.4, -0.2) is 31.4 Å². The van der Waals surface area contributed by atoms with Crippen LogP contribution >= 0.6 is 0 Å². The number of carboxylic acid groups (broad SMARTS) is 1. The normalized spacial score (nSPS) is 10.8. The Morgan fingerprint density at radius 1 is 0.970 bits per heavy atom. The number of hydrogen-bond acceptors (Lipinski definition) is 6. The summed E-state index contributed by atoms with van der Waals surface area (Å²) >= 11 is 0. The van der Waals surface area contributed by atoms with E-state index in [2.05, 4.69) is 5.32 Å². The first-order valence-electron chi connectivity index (χ1n) is 10.9. The van der Waals surface area contributed by atoms with Gasteiger partial charge in [-0.25, -0.2) is 0 Å². The fraction of sp³-hybridized carbons (Fsp3) is 0.346. The van der Waals surface area contributed by atoms with Crippen LogP contribution in [0.4, 0.5) is 0 Å². The van der Waals surface area contributed by atoms with E-state index in [4.69, 9.17) is 14.2 Å². The maximum atomic E-state index is 12.0. The Kier molecular flexibility index (Phi) is 8.01. The predicted octanol–water partition coefficient (Wildman–Crippen LogP) is 3.22. The SMILES string of the molecule is CCOc1ccc(CNCc2c(C(=O)[O-])c(C)n(Cc3cccc(OC)c3)c2C)cc1OC. The Hall–Kier alpha value is -3.45. The largest absolute Gasteiger partial charge is 0.545 e. The van der Waals surface area contributed by atoms with Crippen LogP contribution in [-0.2, 0) is 19.6 Å². The lowest BCUT2D eigenvalue weighted by Gasteiger charge is -2.13. The van der Waals surface area contributed by atoms with Crippen molar-refractivity contribution in [2.24, 2.45) is 0 Å². The first kappa shape index (κ1) is 24.2. The zero-order valence-electron chi connectivity index (χ0n) is 19.9. The lowest BCUT2D eigenvalue weighted by molar-refractivity contribution is -0.255. The third-order valence-electron chi connectivity index (χ3n) is 5.75. The number of benzene rings is 2. The molecule has 1 heterocycles. The summed E-state index contributed by atoms with van der Waals surface area (Å²) in [5.74, 6) is 0.967. The summed E-state index contributed by atoms with van der Waals surface area (Å²) in [6, 6.07) is 13.5. The molecular formula is C26H31N2O5-. The van der Waals surface area contributed by atoms with Crippen molar-refractivity contribution in [2.45, 2.75) is 40.4 Å². The highest BCUT2D eigenvalue weighted by Crippen LogP contribution is 2.28. The first-order chi connectivity index (χ1) is 15.9. The molecule has 1 N–H and O–H groups in total. The molecular weight excluding hydrogens is 420 g/mol. The Balaban J connectivity index is 1.80. The zero-order valence-corrected chi connectivity index (χ0v) is 19.9. The molecule has 0 aliphatic carbocycles. The van der Waals surface area contributed by atoms with E-state index in [9.17, 15) is 9.90 Å². The minimum absolute atomic E-state index is 0.243.